The largest absolute Gasteiger partial charge is 0.489 e. The highest BCUT2D eigenvalue weighted by Gasteiger charge is 2.04. The molecule has 0 unspecified atom stereocenters. The van der Waals surface area contributed by atoms with Gasteiger partial charge in [-0.15, -0.1) is 0 Å². The Morgan fingerprint density at radius 2 is 2.14 bits per heavy atom. The SMILES string of the molecule is CC(C)Oc1cc(CCN)ccc1Cl. The Bertz CT molecular complexity index is 299. The average molecular weight is 214 g/mol. The smallest absolute Gasteiger partial charge is 0.138 e. The van der Waals surface area contributed by atoms with Crippen molar-refractivity contribution in [3.05, 3.63) is 28.8 Å². The fourth-order valence-corrected chi connectivity index (χ4v) is 1.38. The summed E-state index contributed by atoms with van der Waals surface area (Å²) < 4.78 is 5.56. The van der Waals surface area contributed by atoms with Crippen LogP contribution in [-0.2, 0) is 6.42 Å². The topological polar surface area (TPSA) is 35.2 Å². The van der Waals surface area contributed by atoms with Crippen molar-refractivity contribution < 1.29 is 4.74 Å². The van der Waals surface area contributed by atoms with Crippen molar-refractivity contribution in [2.75, 3.05) is 6.54 Å². The van der Waals surface area contributed by atoms with Crippen LogP contribution >= 0.6 is 11.6 Å². The molecule has 0 aromatic heterocycles. The van der Waals surface area contributed by atoms with Crippen LogP contribution in [0.4, 0.5) is 0 Å². The molecule has 78 valence electrons. The highest BCUT2D eigenvalue weighted by molar-refractivity contribution is 6.32. The van der Waals surface area contributed by atoms with E-state index in [4.69, 9.17) is 22.1 Å². The van der Waals surface area contributed by atoms with Crippen LogP contribution in [0.3, 0.4) is 0 Å². The molecule has 14 heavy (non-hydrogen) atoms. The molecule has 0 saturated heterocycles. The Hall–Kier alpha value is -0.730. The van der Waals surface area contributed by atoms with Gasteiger partial charge < -0.3 is 10.5 Å². The molecule has 0 heterocycles. The van der Waals surface area contributed by atoms with Gasteiger partial charge in [-0.1, -0.05) is 17.7 Å². The van der Waals surface area contributed by atoms with E-state index in [0.717, 1.165) is 17.7 Å². The average Bonchev–Trinajstić information content (AvgIpc) is 2.10. The zero-order valence-electron chi connectivity index (χ0n) is 8.59. The zero-order chi connectivity index (χ0) is 10.6. The molecule has 1 aromatic rings. The van der Waals surface area contributed by atoms with Crippen molar-refractivity contribution in [3.8, 4) is 5.75 Å². The lowest BCUT2D eigenvalue weighted by molar-refractivity contribution is 0.242. The van der Waals surface area contributed by atoms with E-state index in [1.807, 2.05) is 32.0 Å². The molecule has 0 aliphatic rings. The van der Waals surface area contributed by atoms with Crippen molar-refractivity contribution in [1.82, 2.24) is 0 Å². The summed E-state index contributed by atoms with van der Waals surface area (Å²) >= 11 is 5.98. The van der Waals surface area contributed by atoms with Crippen LogP contribution in [0.15, 0.2) is 18.2 Å². The number of hydrogen-bond acceptors (Lipinski definition) is 2. The van der Waals surface area contributed by atoms with E-state index in [1.54, 1.807) is 0 Å². The summed E-state index contributed by atoms with van der Waals surface area (Å²) in [5.74, 6) is 0.743. The van der Waals surface area contributed by atoms with Gasteiger partial charge in [0.15, 0.2) is 0 Å². The Kier molecular flexibility index (Phi) is 4.23. The van der Waals surface area contributed by atoms with Crippen LogP contribution < -0.4 is 10.5 Å². The van der Waals surface area contributed by atoms with E-state index >= 15 is 0 Å². The van der Waals surface area contributed by atoms with Gasteiger partial charge in [-0.3, -0.25) is 0 Å². The van der Waals surface area contributed by atoms with Crippen molar-refractivity contribution >= 4 is 11.6 Å². The summed E-state index contributed by atoms with van der Waals surface area (Å²) in [6, 6.07) is 5.78. The molecule has 0 atom stereocenters. The number of halogens is 1. The number of nitrogens with two attached hydrogens (primary N) is 1. The van der Waals surface area contributed by atoms with E-state index in [2.05, 4.69) is 0 Å². The lowest BCUT2D eigenvalue weighted by Gasteiger charge is -2.12. The quantitative estimate of drug-likeness (QED) is 0.835. The lowest BCUT2D eigenvalue weighted by Crippen LogP contribution is -2.07. The first-order valence-electron chi connectivity index (χ1n) is 4.78. The second-order valence-corrected chi connectivity index (χ2v) is 3.88. The monoisotopic (exact) mass is 213 g/mol. The minimum absolute atomic E-state index is 0.139. The molecule has 0 radical (unpaired) electrons. The van der Waals surface area contributed by atoms with E-state index < -0.39 is 0 Å². The Morgan fingerprint density at radius 1 is 1.43 bits per heavy atom. The summed E-state index contributed by atoms with van der Waals surface area (Å²) in [6.07, 6.45) is 0.992. The summed E-state index contributed by atoms with van der Waals surface area (Å²) in [4.78, 5) is 0. The normalized spacial score (nSPS) is 10.6. The van der Waals surface area contributed by atoms with Crippen LogP contribution in [0.1, 0.15) is 19.4 Å². The fourth-order valence-electron chi connectivity index (χ4n) is 1.21. The maximum atomic E-state index is 5.98. The molecule has 0 bridgehead atoms. The molecule has 0 spiro atoms. The van der Waals surface area contributed by atoms with Crippen LogP contribution in [0.25, 0.3) is 0 Å². The molecule has 2 nitrogen and oxygen atoms in total. The molecule has 0 aliphatic carbocycles. The number of hydrogen-bond donors (Lipinski definition) is 1. The Labute approximate surface area is 90.0 Å². The molecular weight excluding hydrogens is 198 g/mol. The first kappa shape index (κ1) is 11.3. The fraction of sp³-hybridized carbons (Fsp3) is 0.455. The molecule has 2 N–H and O–H groups in total. The molecule has 0 amide bonds. The van der Waals surface area contributed by atoms with Gasteiger partial charge in [-0.25, -0.2) is 0 Å². The second-order valence-electron chi connectivity index (χ2n) is 3.47. The highest BCUT2D eigenvalue weighted by atomic mass is 35.5. The maximum absolute atomic E-state index is 5.98. The molecule has 3 heteroatoms. The van der Waals surface area contributed by atoms with E-state index in [1.165, 1.54) is 0 Å². The number of benzene rings is 1. The van der Waals surface area contributed by atoms with Gasteiger partial charge in [0.1, 0.15) is 5.75 Å². The summed E-state index contributed by atoms with van der Waals surface area (Å²) in [7, 11) is 0. The third-order valence-corrected chi connectivity index (χ3v) is 2.10. The minimum atomic E-state index is 0.139. The van der Waals surface area contributed by atoms with Crippen LogP contribution in [0, 0.1) is 0 Å². The highest BCUT2D eigenvalue weighted by Crippen LogP contribution is 2.26. The van der Waals surface area contributed by atoms with Gasteiger partial charge in [0.25, 0.3) is 0 Å². The second kappa shape index (κ2) is 5.23. The number of rotatable bonds is 4. The molecule has 1 aromatic carbocycles. The summed E-state index contributed by atoms with van der Waals surface area (Å²) in [5, 5.41) is 0.652. The van der Waals surface area contributed by atoms with Crippen molar-refractivity contribution in [3.63, 3.8) is 0 Å². The molecule has 0 aliphatic heterocycles. The van der Waals surface area contributed by atoms with Crippen molar-refractivity contribution in [2.45, 2.75) is 26.4 Å². The van der Waals surface area contributed by atoms with Gasteiger partial charge in [0, 0.05) is 0 Å². The van der Waals surface area contributed by atoms with Gasteiger partial charge in [0.2, 0.25) is 0 Å². The molecule has 0 fully saturated rings. The van der Waals surface area contributed by atoms with Crippen molar-refractivity contribution in [1.29, 1.82) is 0 Å². The minimum Gasteiger partial charge on any atom is -0.489 e. The zero-order valence-corrected chi connectivity index (χ0v) is 9.34. The van der Waals surface area contributed by atoms with Crippen LogP contribution in [0.2, 0.25) is 5.02 Å². The van der Waals surface area contributed by atoms with E-state index in [9.17, 15) is 0 Å². The van der Waals surface area contributed by atoms with Gasteiger partial charge in [-0.2, -0.15) is 0 Å². The van der Waals surface area contributed by atoms with Crippen LogP contribution in [-0.4, -0.2) is 12.6 Å². The number of ether oxygens (including phenoxy) is 1. The predicted molar refractivity (Wildman–Crippen MR) is 60.0 cm³/mol. The van der Waals surface area contributed by atoms with Gasteiger partial charge in [-0.05, 0) is 44.5 Å². The standard InChI is InChI=1S/C11H16ClNO/c1-8(2)14-11-7-9(5-6-13)3-4-10(11)12/h3-4,7-8H,5-6,13H2,1-2H3. The molecular formula is C11H16ClNO. The summed E-state index contributed by atoms with van der Waals surface area (Å²) in [5.41, 5.74) is 6.64. The van der Waals surface area contributed by atoms with E-state index in [0.29, 0.717) is 11.6 Å². The van der Waals surface area contributed by atoms with Gasteiger partial charge >= 0.3 is 0 Å². The third-order valence-electron chi connectivity index (χ3n) is 1.79. The maximum Gasteiger partial charge on any atom is 0.138 e. The third kappa shape index (κ3) is 3.20. The summed E-state index contributed by atoms with van der Waals surface area (Å²) in [6.45, 7) is 4.60. The first-order chi connectivity index (χ1) is 6.63. The molecule has 1 rings (SSSR count). The van der Waals surface area contributed by atoms with Crippen molar-refractivity contribution in [2.24, 2.45) is 5.73 Å². The van der Waals surface area contributed by atoms with E-state index in [-0.39, 0.29) is 6.10 Å². The molecule has 0 saturated carbocycles. The lowest BCUT2D eigenvalue weighted by atomic mass is 10.1. The Morgan fingerprint density at radius 3 is 2.71 bits per heavy atom. The Balaban J connectivity index is 2.84. The predicted octanol–water partition coefficient (Wildman–Crippen LogP) is 2.63. The van der Waals surface area contributed by atoms with Crippen LogP contribution in [0.5, 0.6) is 5.75 Å². The van der Waals surface area contributed by atoms with Gasteiger partial charge in [0.05, 0.1) is 11.1 Å². The first-order valence-corrected chi connectivity index (χ1v) is 5.16.